The van der Waals surface area contributed by atoms with E-state index in [0.29, 0.717) is 15.9 Å². The van der Waals surface area contributed by atoms with E-state index in [0.717, 1.165) is 12.1 Å². The maximum Gasteiger partial charge on any atom is 0.416 e. The van der Waals surface area contributed by atoms with Gasteiger partial charge >= 0.3 is 6.18 Å². The first-order chi connectivity index (χ1) is 8.41. The third kappa shape index (κ3) is 2.70. The third-order valence-corrected chi connectivity index (χ3v) is 3.27. The fourth-order valence-corrected chi connectivity index (χ4v) is 2.04. The van der Waals surface area contributed by atoms with Crippen LogP contribution in [0.5, 0.6) is 0 Å². The first-order valence-electron chi connectivity index (χ1n) is 4.88. The molecule has 1 heterocycles. The molecule has 0 radical (unpaired) electrons. The van der Waals surface area contributed by atoms with Gasteiger partial charge in [0.25, 0.3) is 0 Å². The molecule has 0 bridgehead atoms. The van der Waals surface area contributed by atoms with Gasteiger partial charge < -0.3 is 4.57 Å². The number of hydrogen-bond acceptors (Lipinski definition) is 1. The Balaban J connectivity index is 2.49. The Hall–Kier alpha value is -1.01. The lowest BCUT2D eigenvalue weighted by molar-refractivity contribution is -0.137. The Morgan fingerprint density at radius 2 is 2.06 bits per heavy atom. The van der Waals surface area contributed by atoms with Crippen LogP contribution in [0.1, 0.15) is 11.3 Å². The third-order valence-electron chi connectivity index (χ3n) is 2.32. The first kappa shape index (κ1) is 13.4. The Kier molecular flexibility index (Phi) is 3.68. The molecule has 0 unspecified atom stereocenters. The van der Waals surface area contributed by atoms with Gasteiger partial charge in [0.15, 0.2) is 0 Å². The summed E-state index contributed by atoms with van der Waals surface area (Å²) in [5, 5.41) is 0. The van der Waals surface area contributed by atoms with Crippen LogP contribution in [0, 0.1) is 0 Å². The first-order valence-corrected chi connectivity index (χ1v) is 6.20. The SMILES string of the molecule is FC(F)(F)c1ccc(Br)c(-n2cnc(CCl)c2)c1. The molecule has 0 fully saturated rings. The summed E-state index contributed by atoms with van der Waals surface area (Å²) in [5.41, 5.74) is 0.261. The molecule has 0 atom stereocenters. The zero-order valence-corrected chi connectivity index (χ0v) is 11.2. The Morgan fingerprint density at radius 1 is 1.33 bits per heavy atom. The standard InChI is InChI=1S/C11H7BrClF3N2/c12-9-2-1-7(11(14,15)16)3-10(9)18-5-8(4-13)17-6-18/h1-3,5-6H,4H2. The zero-order valence-electron chi connectivity index (χ0n) is 8.88. The van der Waals surface area contributed by atoms with Gasteiger partial charge in [-0.15, -0.1) is 11.6 Å². The smallest absolute Gasteiger partial charge is 0.305 e. The molecule has 96 valence electrons. The lowest BCUT2D eigenvalue weighted by Gasteiger charge is -2.10. The van der Waals surface area contributed by atoms with Crippen LogP contribution < -0.4 is 0 Å². The number of imidazole rings is 1. The number of halogens is 5. The number of hydrogen-bond donors (Lipinski definition) is 0. The maximum absolute atomic E-state index is 12.6. The van der Waals surface area contributed by atoms with Gasteiger partial charge in [-0.25, -0.2) is 4.98 Å². The molecule has 0 saturated heterocycles. The van der Waals surface area contributed by atoms with E-state index in [-0.39, 0.29) is 5.88 Å². The summed E-state index contributed by atoms with van der Waals surface area (Å²) < 4.78 is 39.9. The summed E-state index contributed by atoms with van der Waals surface area (Å²) in [7, 11) is 0. The number of aromatic nitrogens is 2. The van der Waals surface area contributed by atoms with E-state index < -0.39 is 11.7 Å². The van der Waals surface area contributed by atoms with E-state index in [1.165, 1.54) is 17.0 Å². The van der Waals surface area contributed by atoms with E-state index in [9.17, 15) is 13.2 Å². The van der Waals surface area contributed by atoms with E-state index in [2.05, 4.69) is 20.9 Å². The van der Waals surface area contributed by atoms with Gasteiger partial charge in [0.2, 0.25) is 0 Å². The fraction of sp³-hybridized carbons (Fsp3) is 0.182. The van der Waals surface area contributed by atoms with Crippen LogP contribution in [0.4, 0.5) is 13.2 Å². The van der Waals surface area contributed by atoms with Crippen molar-refractivity contribution in [1.82, 2.24) is 9.55 Å². The minimum Gasteiger partial charge on any atom is -0.305 e. The molecule has 2 nitrogen and oxygen atoms in total. The van der Waals surface area contributed by atoms with Crippen LogP contribution in [0.2, 0.25) is 0 Å². The average molecular weight is 340 g/mol. The minimum absolute atomic E-state index is 0.212. The van der Waals surface area contributed by atoms with Gasteiger partial charge in [0, 0.05) is 10.7 Å². The van der Waals surface area contributed by atoms with Crippen LogP contribution in [0.25, 0.3) is 5.69 Å². The normalized spacial score (nSPS) is 11.8. The molecule has 2 aromatic rings. The molecule has 0 aliphatic rings. The summed E-state index contributed by atoms with van der Waals surface area (Å²) in [6.45, 7) is 0. The molecular weight excluding hydrogens is 332 g/mol. The molecule has 1 aromatic carbocycles. The summed E-state index contributed by atoms with van der Waals surface area (Å²) in [4.78, 5) is 3.97. The second kappa shape index (κ2) is 4.93. The molecule has 2 rings (SSSR count). The Morgan fingerprint density at radius 3 is 2.61 bits per heavy atom. The second-order valence-electron chi connectivity index (χ2n) is 3.57. The molecule has 1 aromatic heterocycles. The van der Waals surface area contributed by atoms with Crippen LogP contribution in [0.15, 0.2) is 35.2 Å². The van der Waals surface area contributed by atoms with Gasteiger partial charge in [0.1, 0.15) is 0 Å². The molecule has 0 aliphatic carbocycles. The van der Waals surface area contributed by atoms with Crippen molar-refractivity contribution in [2.45, 2.75) is 12.1 Å². The molecule has 0 saturated carbocycles. The van der Waals surface area contributed by atoms with Gasteiger partial charge in [-0.2, -0.15) is 13.2 Å². The number of rotatable bonds is 2. The van der Waals surface area contributed by atoms with Crippen molar-refractivity contribution >= 4 is 27.5 Å². The van der Waals surface area contributed by atoms with Crippen molar-refractivity contribution in [3.63, 3.8) is 0 Å². The highest BCUT2D eigenvalue weighted by Crippen LogP contribution is 2.33. The van der Waals surface area contributed by atoms with E-state index in [4.69, 9.17) is 11.6 Å². The van der Waals surface area contributed by atoms with Crippen LogP contribution in [-0.4, -0.2) is 9.55 Å². The quantitative estimate of drug-likeness (QED) is 0.742. The monoisotopic (exact) mass is 338 g/mol. The number of nitrogens with zero attached hydrogens (tertiary/aromatic N) is 2. The molecule has 0 N–H and O–H groups in total. The molecule has 0 spiro atoms. The highest BCUT2D eigenvalue weighted by atomic mass is 79.9. The summed E-state index contributed by atoms with van der Waals surface area (Å²) in [5.74, 6) is 0.212. The minimum atomic E-state index is -4.37. The lowest BCUT2D eigenvalue weighted by atomic mass is 10.2. The summed E-state index contributed by atoms with van der Waals surface area (Å²) >= 11 is 8.82. The molecule has 18 heavy (non-hydrogen) atoms. The second-order valence-corrected chi connectivity index (χ2v) is 4.69. The van der Waals surface area contributed by atoms with Gasteiger partial charge in [0.05, 0.1) is 29.2 Å². The van der Waals surface area contributed by atoms with Crippen molar-refractivity contribution in [2.75, 3.05) is 0 Å². The van der Waals surface area contributed by atoms with Crippen molar-refractivity contribution in [3.8, 4) is 5.69 Å². The number of benzene rings is 1. The van der Waals surface area contributed by atoms with E-state index in [1.807, 2.05) is 0 Å². The highest BCUT2D eigenvalue weighted by Gasteiger charge is 2.31. The number of alkyl halides is 4. The maximum atomic E-state index is 12.6. The lowest BCUT2D eigenvalue weighted by Crippen LogP contribution is -2.06. The molecule has 7 heteroatoms. The van der Waals surface area contributed by atoms with E-state index in [1.54, 1.807) is 6.20 Å². The van der Waals surface area contributed by atoms with Crippen molar-refractivity contribution in [1.29, 1.82) is 0 Å². The van der Waals surface area contributed by atoms with E-state index >= 15 is 0 Å². The molecule has 0 amide bonds. The topological polar surface area (TPSA) is 17.8 Å². The fourth-order valence-electron chi connectivity index (χ4n) is 1.45. The predicted molar refractivity (Wildman–Crippen MR) is 65.8 cm³/mol. The predicted octanol–water partition coefficient (Wildman–Crippen LogP) is 4.39. The van der Waals surface area contributed by atoms with Gasteiger partial charge in [-0.3, -0.25) is 0 Å². The summed E-state index contributed by atoms with van der Waals surface area (Å²) in [6, 6.07) is 3.44. The van der Waals surface area contributed by atoms with Crippen LogP contribution in [-0.2, 0) is 12.1 Å². The van der Waals surface area contributed by atoms with Crippen LogP contribution >= 0.6 is 27.5 Å². The van der Waals surface area contributed by atoms with Crippen molar-refractivity contribution < 1.29 is 13.2 Å². The molecule has 0 aliphatic heterocycles. The van der Waals surface area contributed by atoms with Crippen LogP contribution in [0.3, 0.4) is 0 Å². The highest BCUT2D eigenvalue weighted by molar-refractivity contribution is 9.10. The Labute approximate surface area is 115 Å². The molecular formula is C11H7BrClF3N2. The summed E-state index contributed by atoms with van der Waals surface area (Å²) in [6.07, 6.45) is -1.35. The van der Waals surface area contributed by atoms with Gasteiger partial charge in [-0.1, -0.05) is 0 Å². The van der Waals surface area contributed by atoms with Crippen molar-refractivity contribution in [2.24, 2.45) is 0 Å². The Bertz CT molecular complexity index is 566. The zero-order chi connectivity index (χ0) is 13.3. The largest absolute Gasteiger partial charge is 0.416 e. The van der Waals surface area contributed by atoms with Gasteiger partial charge in [-0.05, 0) is 34.1 Å². The average Bonchev–Trinajstić information content (AvgIpc) is 2.76. The van der Waals surface area contributed by atoms with Crippen molar-refractivity contribution in [3.05, 3.63) is 46.5 Å².